The molecule has 0 amide bonds. The monoisotopic (exact) mass is 290 g/mol. The molecule has 1 aromatic carbocycles. The van der Waals surface area contributed by atoms with Crippen LogP contribution in [0, 0.1) is 5.92 Å². The largest absolute Gasteiger partial charge is 0.371 e. The van der Waals surface area contributed by atoms with Crippen LogP contribution in [-0.2, 0) is 0 Å². The second-order valence-electron chi connectivity index (χ2n) is 5.80. The second kappa shape index (κ2) is 9.83. The molecule has 0 saturated heterocycles. The number of hydrogen-bond donors (Lipinski definition) is 1. The van der Waals surface area contributed by atoms with Crippen LogP contribution in [0.3, 0.4) is 0 Å². The van der Waals surface area contributed by atoms with E-state index in [1.165, 1.54) is 30.6 Å². The Morgan fingerprint density at radius 1 is 0.952 bits per heavy atom. The number of hydrogen-bond acceptors (Lipinski definition) is 2. The minimum Gasteiger partial charge on any atom is -0.371 e. The molecule has 0 saturated carbocycles. The Bertz CT molecular complexity index is 385. The normalized spacial score (nSPS) is 12.7. The van der Waals surface area contributed by atoms with Gasteiger partial charge in [0, 0.05) is 24.8 Å². The van der Waals surface area contributed by atoms with E-state index < -0.39 is 0 Å². The van der Waals surface area contributed by atoms with E-state index in [0.717, 1.165) is 25.4 Å². The van der Waals surface area contributed by atoms with Crippen molar-refractivity contribution in [3.05, 3.63) is 29.8 Å². The van der Waals surface area contributed by atoms with E-state index in [0.29, 0.717) is 6.04 Å². The first-order chi connectivity index (χ1) is 10.2. The van der Waals surface area contributed by atoms with Gasteiger partial charge in [0.15, 0.2) is 0 Å². The molecule has 0 aliphatic carbocycles. The van der Waals surface area contributed by atoms with E-state index in [4.69, 9.17) is 0 Å². The molecule has 1 rings (SSSR count). The molecule has 2 heteroatoms. The lowest BCUT2D eigenvalue weighted by Crippen LogP contribution is -2.31. The lowest BCUT2D eigenvalue weighted by atomic mass is 9.99. The Hall–Kier alpha value is -1.02. The summed E-state index contributed by atoms with van der Waals surface area (Å²) in [6, 6.07) is 9.39. The van der Waals surface area contributed by atoms with Gasteiger partial charge >= 0.3 is 0 Å². The Morgan fingerprint density at radius 3 is 2.14 bits per heavy atom. The van der Waals surface area contributed by atoms with Gasteiger partial charge in [-0.15, -0.1) is 0 Å². The molecule has 0 aliphatic heterocycles. The topological polar surface area (TPSA) is 15.3 Å². The molecule has 1 N–H and O–H groups in total. The third kappa shape index (κ3) is 5.03. The van der Waals surface area contributed by atoms with Crippen LogP contribution >= 0.6 is 0 Å². The first-order valence-corrected chi connectivity index (χ1v) is 8.78. The van der Waals surface area contributed by atoms with Crippen LogP contribution in [0.4, 0.5) is 5.69 Å². The van der Waals surface area contributed by atoms with Crippen molar-refractivity contribution in [3.8, 4) is 0 Å². The van der Waals surface area contributed by atoms with Gasteiger partial charge in [-0.05, 0) is 37.4 Å². The molecule has 0 bridgehead atoms. The number of rotatable bonds is 10. The second-order valence-corrected chi connectivity index (χ2v) is 5.80. The number of benzene rings is 1. The summed E-state index contributed by atoms with van der Waals surface area (Å²) in [5.74, 6) is 0.789. The van der Waals surface area contributed by atoms with Crippen molar-refractivity contribution in [1.29, 1.82) is 0 Å². The molecule has 1 atom stereocenters. The number of nitrogens with zero attached hydrogens (tertiary/aromatic N) is 1. The molecule has 0 spiro atoms. The van der Waals surface area contributed by atoms with E-state index in [1.807, 2.05) is 0 Å². The Balaban J connectivity index is 3.03. The fraction of sp³-hybridized carbons (Fsp3) is 0.684. The summed E-state index contributed by atoms with van der Waals surface area (Å²) in [7, 11) is 0. The highest BCUT2D eigenvalue weighted by molar-refractivity contribution is 5.55. The zero-order valence-electron chi connectivity index (χ0n) is 14.7. The molecule has 21 heavy (non-hydrogen) atoms. The average Bonchev–Trinajstić information content (AvgIpc) is 2.54. The van der Waals surface area contributed by atoms with Gasteiger partial charge in [-0.2, -0.15) is 0 Å². The van der Waals surface area contributed by atoms with Gasteiger partial charge < -0.3 is 10.2 Å². The third-order valence-corrected chi connectivity index (χ3v) is 4.53. The summed E-state index contributed by atoms with van der Waals surface area (Å²) in [5.41, 5.74) is 2.87. The quantitative estimate of drug-likeness (QED) is 0.651. The van der Waals surface area contributed by atoms with Crippen molar-refractivity contribution in [2.75, 3.05) is 24.5 Å². The molecule has 0 aliphatic rings. The van der Waals surface area contributed by atoms with Gasteiger partial charge in [0.2, 0.25) is 0 Å². The highest BCUT2D eigenvalue weighted by Gasteiger charge is 2.17. The maximum Gasteiger partial charge on any atom is 0.0414 e. The number of nitrogens with one attached hydrogen (secondary N) is 1. The molecular weight excluding hydrogens is 256 g/mol. The van der Waals surface area contributed by atoms with Crippen molar-refractivity contribution in [2.24, 2.45) is 5.92 Å². The average molecular weight is 290 g/mol. The van der Waals surface area contributed by atoms with Crippen LogP contribution in [0.5, 0.6) is 0 Å². The van der Waals surface area contributed by atoms with Crippen LogP contribution < -0.4 is 10.2 Å². The van der Waals surface area contributed by atoms with E-state index in [2.05, 4.69) is 69.1 Å². The molecule has 0 fully saturated rings. The summed E-state index contributed by atoms with van der Waals surface area (Å²) in [6.07, 6.45) is 3.66. The van der Waals surface area contributed by atoms with Crippen molar-refractivity contribution >= 4 is 5.69 Å². The summed E-state index contributed by atoms with van der Waals surface area (Å²) in [4.78, 5) is 2.56. The maximum absolute atomic E-state index is 3.62. The number of para-hydroxylation sites is 1. The minimum atomic E-state index is 0.460. The van der Waals surface area contributed by atoms with Crippen LogP contribution in [0.1, 0.15) is 65.5 Å². The molecule has 1 unspecified atom stereocenters. The summed E-state index contributed by atoms with van der Waals surface area (Å²) in [5, 5.41) is 3.62. The SMILES string of the molecule is CCNC(CC)c1ccccc1N(CC)CC(CC)CC. The van der Waals surface area contributed by atoms with Crippen molar-refractivity contribution in [1.82, 2.24) is 5.32 Å². The van der Waals surface area contributed by atoms with Crippen molar-refractivity contribution in [2.45, 2.75) is 59.9 Å². The molecule has 0 aromatic heterocycles. The molecule has 0 radical (unpaired) electrons. The van der Waals surface area contributed by atoms with Crippen LogP contribution in [0.2, 0.25) is 0 Å². The summed E-state index contributed by atoms with van der Waals surface area (Å²) < 4.78 is 0. The standard InChI is InChI=1S/C19H34N2/c1-6-16(7-2)15-21(10-5)19-14-12-11-13-17(19)18(8-3)20-9-4/h11-14,16,18,20H,6-10,15H2,1-5H3. The van der Waals surface area contributed by atoms with Crippen LogP contribution in [0.25, 0.3) is 0 Å². The maximum atomic E-state index is 3.62. The van der Waals surface area contributed by atoms with Crippen LogP contribution in [0.15, 0.2) is 24.3 Å². The Morgan fingerprint density at radius 2 is 1.62 bits per heavy atom. The molecule has 2 nitrogen and oxygen atoms in total. The first-order valence-electron chi connectivity index (χ1n) is 8.78. The predicted molar refractivity (Wildman–Crippen MR) is 95.1 cm³/mol. The molecular formula is C19H34N2. The lowest BCUT2D eigenvalue weighted by Gasteiger charge is -2.31. The van der Waals surface area contributed by atoms with E-state index >= 15 is 0 Å². The van der Waals surface area contributed by atoms with Gasteiger partial charge in [0.1, 0.15) is 0 Å². The van der Waals surface area contributed by atoms with E-state index in [1.54, 1.807) is 0 Å². The van der Waals surface area contributed by atoms with Gasteiger partial charge in [0.05, 0.1) is 0 Å². The van der Waals surface area contributed by atoms with E-state index in [-0.39, 0.29) is 0 Å². The highest BCUT2D eigenvalue weighted by Crippen LogP contribution is 2.29. The van der Waals surface area contributed by atoms with Gasteiger partial charge in [-0.3, -0.25) is 0 Å². The number of anilines is 1. The third-order valence-electron chi connectivity index (χ3n) is 4.53. The first kappa shape index (κ1) is 18.0. The summed E-state index contributed by atoms with van der Waals surface area (Å²) in [6.45, 7) is 14.6. The minimum absolute atomic E-state index is 0.460. The Kier molecular flexibility index (Phi) is 8.44. The Labute approximate surface area is 131 Å². The predicted octanol–water partition coefficient (Wildman–Crippen LogP) is 5.01. The molecule has 120 valence electrons. The van der Waals surface area contributed by atoms with Crippen molar-refractivity contribution in [3.63, 3.8) is 0 Å². The zero-order valence-corrected chi connectivity index (χ0v) is 14.7. The molecule has 1 aromatic rings. The molecule has 0 heterocycles. The van der Waals surface area contributed by atoms with Gasteiger partial charge in [0.25, 0.3) is 0 Å². The zero-order chi connectivity index (χ0) is 15.7. The van der Waals surface area contributed by atoms with Gasteiger partial charge in [-0.1, -0.05) is 58.7 Å². The fourth-order valence-electron chi connectivity index (χ4n) is 3.05. The van der Waals surface area contributed by atoms with Crippen LogP contribution in [-0.4, -0.2) is 19.6 Å². The lowest BCUT2D eigenvalue weighted by molar-refractivity contribution is 0.482. The van der Waals surface area contributed by atoms with E-state index in [9.17, 15) is 0 Å². The smallest absolute Gasteiger partial charge is 0.0414 e. The fourth-order valence-corrected chi connectivity index (χ4v) is 3.05. The summed E-state index contributed by atoms with van der Waals surface area (Å²) >= 11 is 0. The van der Waals surface area contributed by atoms with Crippen molar-refractivity contribution < 1.29 is 0 Å². The highest BCUT2D eigenvalue weighted by atomic mass is 15.1. The van der Waals surface area contributed by atoms with Gasteiger partial charge in [-0.25, -0.2) is 0 Å².